The summed E-state index contributed by atoms with van der Waals surface area (Å²) in [5.41, 5.74) is 1.68. The van der Waals surface area contributed by atoms with Gasteiger partial charge in [-0.05, 0) is 48.4 Å². The molecular formula is C20H22N2O4. The lowest BCUT2D eigenvalue weighted by Crippen LogP contribution is -2.44. The van der Waals surface area contributed by atoms with Gasteiger partial charge >= 0.3 is 0 Å². The second-order valence-corrected chi connectivity index (χ2v) is 6.08. The molecular weight excluding hydrogens is 332 g/mol. The third-order valence-electron chi connectivity index (χ3n) is 4.49. The standard InChI is InChI=1S/C20H22N2O4/c1-25-16-7-3-14(4-8-16)13-21-20(24)18-11-12-19(23)22(18)15-5-9-17(26-2)10-6-15/h3-10,18H,11-13H2,1-2H3,(H,21,24). The summed E-state index contributed by atoms with van der Waals surface area (Å²) in [4.78, 5) is 26.5. The van der Waals surface area contributed by atoms with E-state index in [9.17, 15) is 9.59 Å². The van der Waals surface area contributed by atoms with Gasteiger partial charge in [0.2, 0.25) is 11.8 Å². The maximum atomic E-state index is 12.6. The quantitative estimate of drug-likeness (QED) is 0.866. The first-order chi connectivity index (χ1) is 12.6. The number of nitrogens with zero attached hydrogens (tertiary/aromatic N) is 1. The predicted molar refractivity (Wildman–Crippen MR) is 98.3 cm³/mol. The van der Waals surface area contributed by atoms with E-state index in [-0.39, 0.29) is 11.8 Å². The van der Waals surface area contributed by atoms with E-state index in [0.717, 1.165) is 11.3 Å². The van der Waals surface area contributed by atoms with Gasteiger partial charge in [-0.15, -0.1) is 0 Å². The molecule has 0 spiro atoms. The van der Waals surface area contributed by atoms with Crippen LogP contribution in [0.4, 0.5) is 5.69 Å². The highest BCUT2D eigenvalue weighted by molar-refractivity contribution is 6.03. The molecule has 0 bridgehead atoms. The third kappa shape index (κ3) is 3.79. The van der Waals surface area contributed by atoms with Crippen molar-refractivity contribution in [2.45, 2.75) is 25.4 Å². The third-order valence-corrected chi connectivity index (χ3v) is 4.49. The van der Waals surface area contributed by atoms with Crippen molar-refractivity contribution in [2.24, 2.45) is 0 Å². The Kier molecular flexibility index (Phi) is 5.41. The Morgan fingerprint density at radius 2 is 1.62 bits per heavy atom. The molecule has 1 N–H and O–H groups in total. The fourth-order valence-electron chi connectivity index (χ4n) is 3.05. The van der Waals surface area contributed by atoms with E-state index >= 15 is 0 Å². The van der Waals surface area contributed by atoms with Crippen LogP contribution < -0.4 is 19.7 Å². The van der Waals surface area contributed by atoms with Crippen molar-refractivity contribution in [1.82, 2.24) is 5.32 Å². The second kappa shape index (κ2) is 7.91. The zero-order valence-corrected chi connectivity index (χ0v) is 14.9. The molecule has 3 rings (SSSR count). The summed E-state index contributed by atoms with van der Waals surface area (Å²) in [6.45, 7) is 0.407. The number of benzene rings is 2. The lowest BCUT2D eigenvalue weighted by molar-refractivity contribution is -0.124. The molecule has 26 heavy (non-hydrogen) atoms. The minimum Gasteiger partial charge on any atom is -0.497 e. The van der Waals surface area contributed by atoms with Gasteiger partial charge in [0, 0.05) is 18.7 Å². The van der Waals surface area contributed by atoms with Crippen LogP contribution in [0, 0.1) is 0 Å². The van der Waals surface area contributed by atoms with Crippen LogP contribution in [0.15, 0.2) is 48.5 Å². The van der Waals surface area contributed by atoms with Crippen LogP contribution in [0.3, 0.4) is 0 Å². The zero-order valence-electron chi connectivity index (χ0n) is 14.9. The number of hydrogen-bond donors (Lipinski definition) is 1. The minimum absolute atomic E-state index is 0.0419. The molecule has 6 nitrogen and oxygen atoms in total. The first-order valence-electron chi connectivity index (χ1n) is 8.49. The monoisotopic (exact) mass is 354 g/mol. The zero-order chi connectivity index (χ0) is 18.5. The van der Waals surface area contributed by atoms with Gasteiger partial charge < -0.3 is 14.8 Å². The van der Waals surface area contributed by atoms with E-state index in [2.05, 4.69) is 5.32 Å². The summed E-state index contributed by atoms with van der Waals surface area (Å²) in [7, 11) is 3.20. The molecule has 1 aliphatic heterocycles. The molecule has 1 heterocycles. The Labute approximate surface area is 152 Å². The van der Waals surface area contributed by atoms with E-state index < -0.39 is 6.04 Å². The average molecular weight is 354 g/mol. The van der Waals surface area contributed by atoms with Crippen molar-refractivity contribution in [1.29, 1.82) is 0 Å². The maximum Gasteiger partial charge on any atom is 0.243 e. The molecule has 136 valence electrons. The van der Waals surface area contributed by atoms with Crippen LogP contribution in [0.1, 0.15) is 18.4 Å². The highest BCUT2D eigenvalue weighted by Crippen LogP contribution is 2.28. The van der Waals surface area contributed by atoms with Crippen LogP contribution in [0.5, 0.6) is 11.5 Å². The fraction of sp³-hybridized carbons (Fsp3) is 0.300. The van der Waals surface area contributed by atoms with E-state index in [1.165, 1.54) is 0 Å². The number of carbonyl (C=O) groups excluding carboxylic acids is 2. The van der Waals surface area contributed by atoms with E-state index in [4.69, 9.17) is 9.47 Å². The molecule has 2 aromatic carbocycles. The average Bonchev–Trinajstić information content (AvgIpc) is 3.08. The van der Waals surface area contributed by atoms with Crippen molar-refractivity contribution in [3.05, 3.63) is 54.1 Å². The van der Waals surface area contributed by atoms with Crippen LogP contribution in [0.25, 0.3) is 0 Å². The van der Waals surface area contributed by atoms with Crippen LogP contribution in [-0.2, 0) is 16.1 Å². The molecule has 0 saturated carbocycles. The Morgan fingerprint density at radius 3 is 2.19 bits per heavy atom. The summed E-state index contributed by atoms with van der Waals surface area (Å²) >= 11 is 0. The molecule has 6 heteroatoms. The topological polar surface area (TPSA) is 67.9 Å². The molecule has 1 aliphatic rings. The van der Waals surface area contributed by atoms with Crippen molar-refractivity contribution < 1.29 is 19.1 Å². The fourth-order valence-corrected chi connectivity index (χ4v) is 3.05. The Hall–Kier alpha value is -3.02. The number of rotatable bonds is 6. The van der Waals surface area contributed by atoms with Gasteiger partial charge in [-0.2, -0.15) is 0 Å². The van der Waals surface area contributed by atoms with E-state index in [0.29, 0.717) is 30.8 Å². The normalized spacial score (nSPS) is 16.5. The lowest BCUT2D eigenvalue weighted by atomic mass is 10.1. The summed E-state index contributed by atoms with van der Waals surface area (Å²) in [5, 5.41) is 2.92. The van der Waals surface area contributed by atoms with Gasteiger partial charge in [0.05, 0.1) is 14.2 Å². The van der Waals surface area contributed by atoms with E-state index in [1.54, 1.807) is 43.4 Å². The Morgan fingerprint density at radius 1 is 1.04 bits per heavy atom. The van der Waals surface area contributed by atoms with Crippen LogP contribution in [-0.4, -0.2) is 32.1 Å². The molecule has 1 atom stereocenters. The molecule has 0 radical (unpaired) electrons. The molecule has 1 saturated heterocycles. The predicted octanol–water partition coefficient (Wildman–Crippen LogP) is 2.52. The number of ether oxygens (including phenoxy) is 2. The van der Waals surface area contributed by atoms with Crippen molar-refractivity contribution >= 4 is 17.5 Å². The summed E-state index contributed by atoms with van der Waals surface area (Å²) in [5.74, 6) is 1.29. The van der Waals surface area contributed by atoms with Gasteiger partial charge in [0.25, 0.3) is 0 Å². The lowest BCUT2D eigenvalue weighted by Gasteiger charge is -2.24. The van der Waals surface area contributed by atoms with Crippen molar-refractivity contribution in [2.75, 3.05) is 19.1 Å². The number of methoxy groups -OCH3 is 2. The SMILES string of the molecule is COc1ccc(CNC(=O)C2CCC(=O)N2c2ccc(OC)cc2)cc1. The molecule has 2 aromatic rings. The molecule has 1 unspecified atom stereocenters. The molecule has 0 aromatic heterocycles. The van der Waals surface area contributed by atoms with Crippen LogP contribution >= 0.6 is 0 Å². The summed E-state index contributed by atoms with van der Waals surface area (Å²) in [6.07, 6.45) is 0.881. The van der Waals surface area contributed by atoms with Crippen LogP contribution in [0.2, 0.25) is 0 Å². The smallest absolute Gasteiger partial charge is 0.243 e. The second-order valence-electron chi connectivity index (χ2n) is 6.08. The minimum atomic E-state index is -0.492. The van der Waals surface area contributed by atoms with Gasteiger partial charge in [-0.1, -0.05) is 12.1 Å². The maximum absolute atomic E-state index is 12.6. The van der Waals surface area contributed by atoms with Crippen molar-refractivity contribution in [3.8, 4) is 11.5 Å². The Balaban J connectivity index is 1.67. The largest absolute Gasteiger partial charge is 0.497 e. The summed E-state index contributed by atoms with van der Waals surface area (Å²) < 4.78 is 10.3. The van der Waals surface area contributed by atoms with Gasteiger partial charge in [-0.25, -0.2) is 0 Å². The Bertz CT molecular complexity index is 771. The number of hydrogen-bond acceptors (Lipinski definition) is 4. The van der Waals surface area contributed by atoms with E-state index in [1.807, 2.05) is 24.3 Å². The van der Waals surface area contributed by atoms with Crippen molar-refractivity contribution in [3.63, 3.8) is 0 Å². The molecule has 2 amide bonds. The van der Waals surface area contributed by atoms with Gasteiger partial charge in [-0.3, -0.25) is 14.5 Å². The van der Waals surface area contributed by atoms with Gasteiger partial charge in [0.1, 0.15) is 17.5 Å². The molecule has 0 aliphatic carbocycles. The number of carbonyl (C=O) groups is 2. The molecule has 1 fully saturated rings. The highest BCUT2D eigenvalue weighted by atomic mass is 16.5. The number of anilines is 1. The highest BCUT2D eigenvalue weighted by Gasteiger charge is 2.36. The number of amides is 2. The van der Waals surface area contributed by atoms with Gasteiger partial charge in [0.15, 0.2) is 0 Å². The first-order valence-corrected chi connectivity index (χ1v) is 8.49. The summed E-state index contributed by atoms with van der Waals surface area (Å²) in [6, 6.07) is 14.2. The first kappa shape index (κ1) is 17.8. The number of nitrogens with one attached hydrogen (secondary N) is 1.